The Kier molecular flexibility index (Phi) is 3.96. The summed E-state index contributed by atoms with van der Waals surface area (Å²) in [5, 5.41) is 6.85. The molecule has 0 fully saturated rings. The Labute approximate surface area is 128 Å². The van der Waals surface area contributed by atoms with Crippen LogP contribution >= 0.6 is 0 Å². The third kappa shape index (κ3) is 2.88. The number of carbonyl (C=O) groups is 1. The molecule has 5 nitrogen and oxygen atoms in total. The molecule has 1 aromatic heterocycles. The average molecular weight is 292 g/mol. The topological polar surface area (TPSA) is 66.9 Å². The van der Waals surface area contributed by atoms with Gasteiger partial charge in [-0.25, -0.2) is 9.97 Å². The molecule has 1 amide bonds. The average Bonchev–Trinajstić information content (AvgIpc) is 2.56. The summed E-state index contributed by atoms with van der Waals surface area (Å²) in [4.78, 5) is 20.7. The number of aromatic nitrogens is 2. The van der Waals surface area contributed by atoms with E-state index in [4.69, 9.17) is 0 Å². The van der Waals surface area contributed by atoms with Gasteiger partial charge < -0.3 is 10.6 Å². The highest BCUT2D eigenvalue weighted by Crippen LogP contribution is 2.23. The molecule has 2 aromatic carbocycles. The highest BCUT2D eigenvalue weighted by atomic mass is 16.2. The first kappa shape index (κ1) is 14.0. The molecule has 22 heavy (non-hydrogen) atoms. The molecule has 3 rings (SSSR count). The molecule has 0 saturated carbocycles. The molecule has 0 radical (unpaired) electrons. The van der Waals surface area contributed by atoms with Gasteiger partial charge in [-0.2, -0.15) is 0 Å². The zero-order chi connectivity index (χ0) is 15.4. The van der Waals surface area contributed by atoms with Gasteiger partial charge >= 0.3 is 0 Å². The quantitative estimate of drug-likeness (QED) is 0.775. The number of anilines is 2. The molecule has 0 unspecified atom stereocenters. The number of nitrogens with one attached hydrogen (secondary N) is 2. The third-order valence-corrected chi connectivity index (χ3v) is 3.18. The van der Waals surface area contributed by atoms with Crippen LogP contribution in [0, 0.1) is 0 Å². The number of rotatable bonds is 4. The number of benzene rings is 2. The molecule has 1 heterocycles. The number of fused-ring (bicyclic) bond motifs is 1. The lowest BCUT2D eigenvalue weighted by atomic mass is 10.2. The molecular formula is C17H16N4O. The Morgan fingerprint density at radius 1 is 1.00 bits per heavy atom. The predicted molar refractivity (Wildman–Crippen MR) is 87.3 cm³/mol. The maximum absolute atomic E-state index is 12.0. The van der Waals surface area contributed by atoms with Gasteiger partial charge in [-0.15, -0.1) is 0 Å². The summed E-state index contributed by atoms with van der Waals surface area (Å²) in [6, 6.07) is 17.3. The van der Waals surface area contributed by atoms with Crippen LogP contribution in [0.5, 0.6) is 0 Å². The standard InChI is InChI=1S/C17H16N4O/c1-2-18-17(22)16-20-14-11-7-6-10-13(14)15(21-16)19-12-8-4-3-5-9-12/h3-11H,2H2,1H3,(H,18,22)(H,19,20,21). The van der Waals surface area contributed by atoms with Crippen LogP contribution < -0.4 is 10.6 Å². The Bertz CT molecular complexity index is 802. The van der Waals surface area contributed by atoms with Gasteiger partial charge in [0.1, 0.15) is 5.82 Å². The van der Waals surface area contributed by atoms with Crippen molar-refractivity contribution in [2.24, 2.45) is 0 Å². The van der Waals surface area contributed by atoms with E-state index in [2.05, 4.69) is 20.6 Å². The van der Waals surface area contributed by atoms with Gasteiger partial charge in [-0.1, -0.05) is 30.3 Å². The van der Waals surface area contributed by atoms with Crippen LogP contribution in [0.2, 0.25) is 0 Å². The van der Waals surface area contributed by atoms with Crippen LogP contribution in [0.4, 0.5) is 11.5 Å². The smallest absolute Gasteiger partial charge is 0.289 e. The van der Waals surface area contributed by atoms with Crippen LogP contribution in [0.15, 0.2) is 54.6 Å². The molecule has 0 aliphatic carbocycles. The third-order valence-electron chi connectivity index (χ3n) is 3.18. The van der Waals surface area contributed by atoms with Crippen molar-refractivity contribution in [3.8, 4) is 0 Å². The van der Waals surface area contributed by atoms with Gasteiger partial charge in [0.05, 0.1) is 5.52 Å². The van der Waals surface area contributed by atoms with Crippen molar-refractivity contribution in [3.05, 3.63) is 60.4 Å². The molecule has 5 heteroatoms. The van der Waals surface area contributed by atoms with Crippen molar-refractivity contribution in [3.63, 3.8) is 0 Å². The van der Waals surface area contributed by atoms with Crippen LogP contribution in [0.25, 0.3) is 10.9 Å². The molecule has 0 aliphatic rings. The number of nitrogens with zero attached hydrogens (tertiary/aromatic N) is 2. The largest absolute Gasteiger partial charge is 0.350 e. The van der Waals surface area contributed by atoms with E-state index in [-0.39, 0.29) is 11.7 Å². The minimum absolute atomic E-state index is 0.166. The molecule has 110 valence electrons. The SMILES string of the molecule is CCNC(=O)c1nc(Nc2ccccc2)c2ccccc2n1. The van der Waals surface area contributed by atoms with Gasteiger partial charge in [0.15, 0.2) is 0 Å². The van der Waals surface area contributed by atoms with E-state index in [0.717, 1.165) is 16.6 Å². The summed E-state index contributed by atoms with van der Waals surface area (Å²) in [5.41, 5.74) is 1.64. The molecule has 3 aromatic rings. The van der Waals surface area contributed by atoms with Crippen molar-refractivity contribution in [2.75, 3.05) is 11.9 Å². The Hall–Kier alpha value is -2.95. The summed E-state index contributed by atoms with van der Waals surface area (Å²) < 4.78 is 0. The summed E-state index contributed by atoms with van der Waals surface area (Å²) in [6.07, 6.45) is 0. The summed E-state index contributed by atoms with van der Waals surface area (Å²) in [7, 11) is 0. The first-order valence-corrected chi connectivity index (χ1v) is 7.15. The zero-order valence-electron chi connectivity index (χ0n) is 12.2. The first-order valence-electron chi connectivity index (χ1n) is 7.15. The van der Waals surface area contributed by atoms with E-state index in [1.807, 2.05) is 61.5 Å². The van der Waals surface area contributed by atoms with Crippen LogP contribution in [0.3, 0.4) is 0 Å². The Morgan fingerprint density at radius 2 is 1.73 bits per heavy atom. The van der Waals surface area contributed by atoms with Gasteiger partial charge in [-0.05, 0) is 31.2 Å². The fraction of sp³-hybridized carbons (Fsp3) is 0.118. The lowest BCUT2D eigenvalue weighted by molar-refractivity contribution is 0.0946. The molecular weight excluding hydrogens is 276 g/mol. The van der Waals surface area contributed by atoms with Crippen LogP contribution in [-0.4, -0.2) is 22.4 Å². The summed E-state index contributed by atoms with van der Waals surface area (Å²) in [6.45, 7) is 2.40. The minimum atomic E-state index is -0.274. The molecule has 0 spiro atoms. The van der Waals surface area contributed by atoms with E-state index >= 15 is 0 Å². The van der Waals surface area contributed by atoms with E-state index in [9.17, 15) is 4.79 Å². The van der Waals surface area contributed by atoms with Crippen molar-refractivity contribution in [1.82, 2.24) is 15.3 Å². The van der Waals surface area contributed by atoms with Crippen molar-refractivity contribution in [2.45, 2.75) is 6.92 Å². The summed E-state index contributed by atoms with van der Waals surface area (Å²) in [5.74, 6) is 0.515. The van der Waals surface area contributed by atoms with Gasteiger partial charge in [0.2, 0.25) is 5.82 Å². The first-order chi connectivity index (χ1) is 10.8. The highest BCUT2D eigenvalue weighted by molar-refractivity contribution is 5.97. The Morgan fingerprint density at radius 3 is 2.50 bits per heavy atom. The fourth-order valence-corrected chi connectivity index (χ4v) is 2.17. The molecule has 0 atom stereocenters. The molecule has 0 saturated heterocycles. The van der Waals surface area contributed by atoms with E-state index in [1.165, 1.54) is 0 Å². The second-order valence-electron chi connectivity index (χ2n) is 4.76. The maximum Gasteiger partial charge on any atom is 0.289 e. The molecule has 0 bridgehead atoms. The molecule has 0 aliphatic heterocycles. The van der Waals surface area contributed by atoms with Crippen LogP contribution in [-0.2, 0) is 0 Å². The normalized spacial score (nSPS) is 10.4. The van der Waals surface area contributed by atoms with E-state index in [0.29, 0.717) is 12.4 Å². The van der Waals surface area contributed by atoms with Crippen molar-refractivity contribution in [1.29, 1.82) is 0 Å². The zero-order valence-corrected chi connectivity index (χ0v) is 12.2. The number of carbonyl (C=O) groups excluding carboxylic acids is 1. The van der Waals surface area contributed by atoms with Crippen LogP contribution in [0.1, 0.15) is 17.5 Å². The second kappa shape index (κ2) is 6.22. The minimum Gasteiger partial charge on any atom is -0.350 e. The van der Waals surface area contributed by atoms with Gasteiger partial charge in [0, 0.05) is 17.6 Å². The van der Waals surface area contributed by atoms with Gasteiger partial charge in [0.25, 0.3) is 5.91 Å². The fourth-order valence-electron chi connectivity index (χ4n) is 2.17. The monoisotopic (exact) mass is 292 g/mol. The number of hydrogen-bond acceptors (Lipinski definition) is 4. The van der Waals surface area contributed by atoms with E-state index in [1.54, 1.807) is 0 Å². The molecule has 2 N–H and O–H groups in total. The Balaban J connectivity index is 2.08. The maximum atomic E-state index is 12.0. The van der Waals surface area contributed by atoms with E-state index < -0.39 is 0 Å². The predicted octanol–water partition coefficient (Wildman–Crippen LogP) is 3.12. The second-order valence-corrected chi connectivity index (χ2v) is 4.76. The number of para-hydroxylation sites is 2. The lowest BCUT2D eigenvalue weighted by Crippen LogP contribution is -2.25. The highest BCUT2D eigenvalue weighted by Gasteiger charge is 2.13. The van der Waals surface area contributed by atoms with Gasteiger partial charge in [-0.3, -0.25) is 4.79 Å². The van der Waals surface area contributed by atoms with Crippen molar-refractivity contribution >= 4 is 28.3 Å². The number of amides is 1. The summed E-state index contributed by atoms with van der Waals surface area (Å²) >= 11 is 0. The van der Waals surface area contributed by atoms with Crippen molar-refractivity contribution < 1.29 is 4.79 Å². The number of hydrogen-bond donors (Lipinski definition) is 2. The lowest BCUT2D eigenvalue weighted by Gasteiger charge is -2.10.